The van der Waals surface area contributed by atoms with E-state index in [1.165, 1.54) is 0 Å². The van der Waals surface area contributed by atoms with Gasteiger partial charge in [-0.15, -0.1) is 0 Å². The van der Waals surface area contributed by atoms with E-state index in [4.69, 9.17) is 9.47 Å². The Balaban J connectivity index is 1.85. The van der Waals surface area contributed by atoms with Crippen LogP contribution in [0.25, 0.3) is 0 Å². The molecule has 0 radical (unpaired) electrons. The average Bonchev–Trinajstić information content (AvgIpc) is 2.73. The van der Waals surface area contributed by atoms with Crippen molar-refractivity contribution in [3.63, 3.8) is 0 Å². The smallest absolute Gasteiger partial charge is 0.262 e. The van der Waals surface area contributed by atoms with Gasteiger partial charge in [0.2, 0.25) is 0 Å². The molecule has 3 aromatic carbocycles. The molecule has 1 atom stereocenters. The molecule has 5 heteroatoms. The molecule has 1 aliphatic heterocycles. The first kappa shape index (κ1) is 17.0. The van der Waals surface area contributed by atoms with Gasteiger partial charge in [0.25, 0.3) is 5.91 Å². The van der Waals surface area contributed by atoms with Crippen molar-refractivity contribution in [1.29, 1.82) is 0 Å². The lowest BCUT2D eigenvalue weighted by Gasteiger charge is -2.38. The second kappa shape index (κ2) is 7.03. The van der Waals surface area contributed by atoms with Crippen LogP contribution in [-0.2, 0) is 0 Å². The molecule has 1 heterocycles. The van der Waals surface area contributed by atoms with E-state index in [0.29, 0.717) is 17.1 Å². The number of carbonyl (C=O) groups excluding carboxylic acids is 1. The van der Waals surface area contributed by atoms with Crippen LogP contribution < -0.4 is 19.7 Å². The minimum atomic E-state index is -0.366. The maximum Gasteiger partial charge on any atom is 0.262 e. The summed E-state index contributed by atoms with van der Waals surface area (Å²) in [5.74, 6) is 1.22. The molecule has 5 nitrogen and oxygen atoms in total. The van der Waals surface area contributed by atoms with Crippen molar-refractivity contribution in [2.75, 3.05) is 24.4 Å². The molecule has 0 saturated carbocycles. The van der Waals surface area contributed by atoms with E-state index in [9.17, 15) is 4.79 Å². The van der Waals surface area contributed by atoms with Gasteiger partial charge in [-0.25, -0.2) is 0 Å². The van der Waals surface area contributed by atoms with E-state index < -0.39 is 0 Å². The highest BCUT2D eigenvalue weighted by atomic mass is 16.5. The van der Waals surface area contributed by atoms with E-state index in [2.05, 4.69) is 5.32 Å². The van der Waals surface area contributed by atoms with Crippen LogP contribution in [0.15, 0.2) is 72.8 Å². The number of nitrogens with one attached hydrogen (secondary N) is 1. The van der Waals surface area contributed by atoms with E-state index >= 15 is 0 Å². The Labute approximate surface area is 158 Å². The van der Waals surface area contributed by atoms with Crippen LogP contribution in [-0.4, -0.2) is 20.1 Å². The summed E-state index contributed by atoms with van der Waals surface area (Å²) < 4.78 is 10.8. The van der Waals surface area contributed by atoms with E-state index in [-0.39, 0.29) is 12.1 Å². The van der Waals surface area contributed by atoms with Crippen LogP contribution in [0.2, 0.25) is 0 Å². The van der Waals surface area contributed by atoms with Crippen molar-refractivity contribution in [2.24, 2.45) is 0 Å². The van der Waals surface area contributed by atoms with Crippen molar-refractivity contribution in [1.82, 2.24) is 0 Å². The fourth-order valence-corrected chi connectivity index (χ4v) is 3.36. The normalized spacial score (nSPS) is 15.7. The molecule has 1 N–H and O–H groups in total. The van der Waals surface area contributed by atoms with Crippen molar-refractivity contribution in [2.45, 2.75) is 6.17 Å². The minimum Gasteiger partial charge on any atom is -0.493 e. The van der Waals surface area contributed by atoms with Gasteiger partial charge < -0.3 is 14.8 Å². The number of nitrogens with zero attached hydrogens (tertiary/aromatic N) is 1. The zero-order valence-electron chi connectivity index (χ0n) is 15.2. The molecule has 0 bridgehead atoms. The molecule has 4 rings (SSSR count). The molecule has 0 aliphatic carbocycles. The van der Waals surface area contributed by atoms with Crippen molar-refractivity contribution >= 4 is 17.3 Å². The number of rotatable bonds is 4. The fraction of sp³-hybridized carbons (Fsp3) is 0.136. The fourth-order valence-electron chi connectivity index (χ4n) is 3.36. The van der Waals surface area contributed by atoms with Gasteiger partial charge in [-0.1, -0.05) is 36.4 Å². The maximum absolute atomic E-state index is 13.3. The lowest BCUT2D eigenvalue weighted by atomic mass is 10.0. The Bertz CT molecular complexity index is 972. The number of anilines is 2. The summed E-state index contributed by atoms with van der Waals surface area (Å²) in [6.45, 7) is 0. The number of hydrogen-bond acceptors (Lipinski definition) is 4. The number of amides is 1. The Morgan fingerprint density at radius 2 is 1.56 bits per heavy atom. The van der Waals surface area contributed by atoms with Gasteiger partial charge >= 0.3 is 0 Å². The SMILES string of the molecule is COc1ccc([C@@H]2Nc3ccccc3C(=O)N2c2ccccc2)cc1OC. The number of methoxy groups -OCH3 is 2. The predicted molar refractivity (Wildman–Crippen MR) is 106 cm³/mol. The zero-order chi connectivity index (χ0) is 18.8. The third kappa shape index (κ3) is 2.97. The zero-order valence-corrected chi connectivity index (χ0v) is 15.2. The number of fused-ring (bicyclic) bond motifs is 1. The van der Waals surface area contributed by atoms with Crippen molar-refractivity contribution < 1.29 is 14.3 Å². The van der Waals surface area contributed by atoms with E-state index in [1.54, 1.807) is 19.1 Å². The first-order valence-corrected chi connectivity index (χ1v) is 8.69. The van der Waals surface area contributed by atoms with Gasteiger partial charge in [-0.3, -0.25) is 9.69 Å². The number of benzene rings is 3. The molecule has 1 amide bonds. The van der Waals surface area contributed by atoms with Crippen molar-refractivity contribution in [3.05, 3.63) is 83.9 Å². The molecule has 0 saturated heterocycles. The standard InChI is InChI=1S/C22H20N2O3/c1-26-19-13-12-15(14-20(19)27-2)21-23-18-11-7-6-10-17(18)22(25)24(21)16-8-4-3-5-9-16/h3-14,21,23H,1-2H3/t21-/m1/s1. The van der Waals surface area contributed by atoms with E-state index in [0.717, 1.165) is 16.9 Å². The van der Waals surface area contributed by atoms with Gasteiger partial charge in [0.05, 0.1) is 19.8 Å². The monoisotopic (exact) mass is 360 g/mol. The average molecular weight is 360 g/mol. The topological polar surface area (TPSA) is 50.8 Å². The first-order chi connectivity index (χ1) is 13.2. The molecular formula is C22H20N2O3. The third-order valence-corrected chi connectivity index (χ3v) is 4.68. The summed E-state index contributed by atoms with van der Waals surface area (Å²) in [6, 6.07) is 22.9. The summed E-state index contributed by atoms with van der Waals surface area (Å²) in [7, 11) is 3.21. The molecule has 0 spiro atoms. The highest BCUT2D eigenvalue weighted by molar-refractivity contribution is 6.12. The molecule has 1 aliphatic rings. The Morgan fingerprint density at radius 3 is 2.30 bits per heavy atom. The highest BCUT2D eigenvalue weighted by Crippen LogP contribution is 2.39. The van der Waals surface area contributed by atoms with Crippen LogP contribution in [0.3, 0.4) is 0 Å². The highest BCUT2D eigenvalue weighted by Gasteiger charge is 2.34. The van der Waals surface area contributed by atoms with E-state index in [1.807, 2.05) is 72.8 Å². The van der Waals surface area contributed by atoms with Gasteiger partial charge in [0, 0.05) is 11.4 Å². The van der Waals surface area contributed by atoms with Gasteiger partial charge in [-0.05, 0) is 42.0 Å². The number of carbonyl (C=O) groups is 1. The number of ether oxygens (including phenoxy) is 2. The molecule has 0 unspecified atom stereocenters. The van der Waals surface area contributed by atoms with Crippen LogP contribution in [0.1, 0.15) is 22.1 Å². The van der Waals surface area contributed by atoms with Gasteiger partial charge in [0.15, 0.2) is 11.5 Å². The maximum atomic E-state index is 13.3. The molecule has 136 valence electrons. The second-order valence-electron chi connectivity index (χ2n) is 6.22. The molecule has 27 heavy (non-hydrogen) atoms. The Morgan fingerprint density at radius 1 is 0.852 bits per heavy atom. The third-order valence-electron chi connectivity index (χ3n) is 4.68. The Hall–Kier alpha value is -3.47. The molecule has 0 fully saturated rings. The summed E-state index contributed by atoms with van der Waals surface area (Å²) in [6.07, 6.45) is -0.366. The van der Waals surface area contributed by atoms with Gasteiger partial charge in [-0.2, -0.15) is 0 Å². The van der Waals surface area contributed by atoms with Crippen LogP contribution >= 0.6 is 0 Å². The second-order valence-corrected chi connectivity index (χ2v) is 6.22. The molecule has 3 aromatic rings. The van der Waals surface area contributed by atoms with Crippen LogP contribution in [0, 0.1) is 0 Å². The largest absolute Gasteiger partial charge is 0.493 e. The summed E-state index contributed by atoms with van der Waals surface area (Å²) in [4.78, 5) is 15.1. The summed E-state index contributed by atoms with van der Waals surface area (Å²) in [5.41, 5.74) is 3.19. The number of para-hydroxylation sites is 2. The minimum absolute atomic E-state index is 0.0460. The van der Waals surface area contributed by atoms with Crippen molar-refractivity contribution in [3.8, 4) is 11.5 Å². The molecular weight excluding hydrogens is 340 g/mol. The lowest BCUT2D eigenvalue weighted by Crippen LogP contribution is -2.43. The summed E-state index contributed by atoms with van der Waals surface area (Å²) in [5, 5.41) is 3.49. The predicted octanol–water partition coefficient (Wildman–Crippen LogP) is 4.47. The molecule has 0 aromatic heterocycles. The lowest BCUT2D eigenvalue weighted by molar-refractivity contribution is 0.0975. The van der Waals surface area contributed by atoms with Crippen LogP contribution in [0.5, 0.6) is 11.5 Å². The Kier molecular flexibility index (Phi) is 4.42. The first-order valence-electron chi connectivity index (χ1n) is 8.69. The van der Waals surface area contributed by atoms with Gasteiger partial charge in [0.1, 0.15) is 6.17 Å². The number of hydrogen-bond donors (Lipinski definition) is 1. The van der Waals surface area contributed by atoms with Crippen LogP contribution in [0.4, 0.5) is 11.4 Å². The summed E-state index contributed by atoms with van der Waals surface area (Å²) >= 11 is 0. The quantitative estimate of drug-likeness (QED) is 0.746.